The van der Waals surface area contributed by atoms with Crippen LogP contribution in [-0.2, 0) is 4.79 Å². The van der Waals surface area contributed by atoms with Crippen LogP contribution in [0.5, 0.6) is 0 Å². The van der Waals surface area contributed by atoms with Crippen LogP contribution in [0, 0.1) is 5.92 Å². The number of amides is 2. The van der Waals surface area contributed by atoms with Crippen LogP contribution in [0.15, 0.2) is 28.7 Å². The number of nitrogens with two attached hydrogens (primary N) is 1. The summed E-state index contributed by atoms with van der Waals surface area (Å²) in [4.78, 5) is 29.3. The van der Waals surface area contributed by atoms with Gasteiger partial charge in [-0.15, -0.1) is 0 Å². The van der Waals surface area contributed by atoms with E-state index in [1.165, 1.54) is 0 Å². The molecule has 0 aliphatic carbocycles. The zero-order chi connectivity index (χ0) is 17.1. The SMILES string of the molecule is NCC1CCN(C(=O)C2CCCN2C(=O)c2ccc(Br)cc2)CC1. The van der Waals surface area contributed by atoms with Crippen molar-refractivity contribution in [2.24, 2.45) is 11.7 Å². The lowest BCUT2D eigenvalue weighted by molar-refractivity contribution is -0.136. The van der Waals surface area contributed by atoms with Gasteiger partial charge < -0.3 is 15.5 Å². The summed E-state index contributed by atoms with van der Waals surface area (Å²) >= 11 is 3.38. The van der Waals surface area contributed by atoms with Gasteiger partial charge in [-0.25, -0.2) is 0 Å². The van der Waals surface area contributed by atoms with Crippen molar-refractivity contribution in [2.45, 2.75) is 31.7 Å². The smallest absolute Gasteiger partial charge is 0.254 e. The number of piperidine rings is 1. The molecule has 0 bridgehead atoms. The zero-order valence-electron chi connectivity index (χ0n) is 13.8. The van der Waals surface area contributed by atoms with Gasteiger partial charge in [0, 0.05) is 29.7 Å². The zero-order valence-corrected chi connectivity index (χ0v) is 15.4. The predicted octanol–water partition coefficient (Wildman–Crippen LogP) is 2.25. The number of likely N-dealkylation sites (tertiary alicyclic amines) is 2. The van der Waals surface area contributed by atoms with Gasteiger partial charge in [0.2, 0.25) is 5.91 Å². The molecule has 1 atom stereocenters. The Morgan fingerprint density at radius 3 is 2.38 bits per heavy atom. The molecule has 2 fully saturated rings. The van der Waals surface area contributed by atoms with Crippen LogP contribution in [0.1, 0.15) is 36.0 Å². The number of carbonyl (C=O) groups is 2. The summed E-state index contributed by atoms with van der Waals surface area (Å²) in [6.45, 7) is 2.87. The van der Waals surface area contributed by atoms with Gasteiger partial charge in [0.15, 0.2) is 0 Å². The Labute approximate surface area is 151 Å². The topological polar surface area (TPSA) is 66.6 Å². The molecule has 0 radical (unpaired) electrons. The Hall–Kier alpha value is -1.40. The molecule has 2 aliphatic rings. The van der Waals surface area contributed by atoms with Crippen molar-refractivity contribution in [3.05, 3.63) is 34.3 Å². The van der Waals surface area contributed by atoms with Crippen molar-refractivity contribution in [2.75, 3.05) is 26.2 Å². The number of rotatable bonds is 3. The van der Waals surface area contributed by atoms with E-state index in [9.17, 15) is 9.59 Å². The second-order valence-corrected chi connectivity index (χ2v) is 7.58. The Kier molecular flexibility index (Phi) is 5.56. The van der Waals surface area contributed by atoms with E-state index in [0.717, 1.165) is 43.2 Å². The Balaban J connectivity index is 1.67. The minimum Gasteiger partial charge on any atom is -0.341 e. The molecule has 1 aromatic rings. The van der Waals surface area contributed by atoms with Gasteiger partial charge in [-0.3, -0.25) is 9.59 Å². The minimum atomic E-state index is -0.310. The highest BCUT2D eigenvalue weighted by Crippen LogP contribution is 2.25. The fourth-order valence-electron chi connectivity index (χ4n) is 3.62. The number of hydrogen-bond acceptors (Lipinski definition) is 3. The van der Waals surface area contributed by atoms with E-state index in [0.29, 0.717) is 24.6 Å². The third-order valence-electron chi connectivity index (χ3n) is 5.15. The number of benzene rings is 1. The van der Waals surface area contributed by atoms with Gasteiger partial charge in [0.25, 0.3) is 5.91 Å². The van der Waals surface area contributed by atoms with Gasteiger partial charge >= 0.3 is 0 Å². The Morgan fingerprint density at radius 1 is 1.08 bits per heavy atom. The average molecular weight is 394 g/mol. The molecule has 0 spiro atoms. The highest BCUT2D eigenvalue weighted by molar-refractivity contribution is 9.10. The molecular weight excluding hydrogens is 370 g/mol. The van der Waals surface area contributed by atoms with Crippen molar-refractivity contribution >= 4 is 27.7 Å². The maximum absolute atomic E-state index is 12.9. The molecule has 1 aromatic carbocycles. The molecule has 2 saturated heterocycles. The monoisotopic (exact) mass is 393 g/mol. The number of hydrogen-bond donors (Lipinski definition) is 1. The summed E-state index contributed by atoms with van der Waals surface area (Å²) in [5.74, 6) is 0.585. The summed E-state index contributed by atoms with van der Waals surface area (Å²) in [6.07, 6.45) is 3.58. The predicted molar refractivity (Wildman–Crippen MR) is 96.6 cm³/mol. The van der Waals surface area contributed by atoms with Crippen molar-refractivity contribution in [1.82, 2.24) is 9.80 Å². The molecule has 6 heteroatoms. The van der Waals surface area contributed by atoms with Crippen LogP contribution in [0.25, 0.3) is 0 Å². The molecule has 2 amide bonds. The summed E-state index contributed by atoms with van der Waals surface area (Å²) in [5.41, 5.74) is 6.36. The first-order chi connectivity index (χ1) is 11.6. The lowest BCUT2D eigenvalue weighted by Gasteiger charge is -2.35. The Morgan fingerprint density at radius 2 is 1.75 bits per heavy atom. The van der Waals surface area contributed by atoms with Crippen LogP contribution in [-0.4, -0.2) is 53.8 Å². The second-order valence-electron chi connectivity index (χ2n) is 6.67. The lowest BCUT2D eigenvalue weighted by Crippen LogP contribution is -2.50. The summed E-state index contributed by atoms with van der Waals surface area (Å²) in [6, 6.07) is 7.02. The highest BCUT2D eigenvalue weighted by atomic mass is 79.9. The third kappa shape index (κ3) is 3.64. The number of nitrogens with zero attached hydrogens (tertiary/aromatic N) is 2. The summed E-state index contributed by atoms with van der Waals surface area (Å²) < 4.78 is 0.941. The molecule has 0 aromatic heterocycles. The van der Waals surface area contributed by atoms with Crippen molar-refractivity contribution in [3.8, 4) is 0 Å². The van der Waals surface area contributed by atoms with Gasteiger partial charge in [-0.1, -0.05) is 15.9 Å². The first-order valence-electron chi connectivity index (χ1n) is 8.65. The van der Waals surface area contributed by atoms with E-state index in [2.05, 4.69) is 15.9 Å². The summed E-state index contributed by atoms with van der Waals surface area (Å²) in [5, 5.41) is 0. The van der Waals surface area contributed by atoms with Crippen LogP contribution in [0.4, 0.5) is 0 Å². The highest BCUT2D eigenvalue weighted by Gasteiger charge is 2.37. The van der Waals surface area contributed by atoms with Crippen molar-refractivity contribution in [1.29, 1.82) is 0 Å². The van der Waals surface area contributed by atoms with Gasteiger partial charge in [0.05, 0.1) is 0 Å². The van der Waals surface area contributed by atoms with E-state index in [1.54, 1.807) is 17.0 Å². The fraction of sp³-hybridized carbons (Fsp3) is 0.556. The first-order valence-corrected chi connectivity index (χ1v) is 9.45. The number of carbonyl (C=O) groups excluding carboxylic acids is 2. The summed E-state index contributed by atoms with van der Waals surface area (Å²) in [7, 11) is 0. The van der Waals surface area contributed by atoms with E-state index in [-0.39, 0.29) is 17.9 Å². The largest absolute Gasteiger partial charge is 0.341 e. The molecule has 24 heavy (non-hydrogen) atoms. The number of halogens is 1. The molecule has 130 valence electrons. The molecule has 3 rings (SSSR count). The average Bonchev–Trinajstić information content (AvgIpc) is 3.11. The van der Waals surface area contributed by atoms with Crippen LogP contribution in [0.3, 0.4) is 0 Å². The van der Waals surface area contributed by atoms with Crippen LogP contribution >= 0.6 is 15.9 Å². The molecular formula is C18H24BrN3O2. The van der Waals surface area contributed by atoms with E-state index in [1.807, 2.05) is 17.0 Å². The molecule has 2 heterocycles. The van der Waals surface area contributed by atoms with Crippen molar-refractivity contribution in [3.63, 3.8) is 0 Å². The standard InChI is InChI=1S/C18H24BrN3O2/c19-15-5-3-14(4-6-15)17(23)22-9-1-2-16(22)18(24)21-10-7-13(12-20)8-11-21/h3-6,13,16H,1-2,7-12,20H2. The molecule has 5 nitrogen and oxygen atoms in total. The van der Waals surface area contributed by atoms with Crippen molar-refractivity contribution < 1.29 is 9.59 Å². The third-order valence-corrected chi connectivity index (χ3v) is 5.68. The fourth-order valence-corrected chi connectivity index (χ4v) is 3.89. The quantitative estimate of drug-likeness (QED) is 0.855. The molecule has 0 saturated carbocycles. The van der Waals surface area contributed by atoms with Crippen LogP contribution < -0.4 is 5.73 Å². The van der Waals surface area contributed by atoms with E-state index < -0.39 is 0 Å². The normalized spacial score (nSPS) is 22.0. The maximum atomic E-state index is 12.9. The van der Waals surface area contributed by atoms with Gasteiger partial charge in [0.1, 0.15) is 6.04 Å². The van der Waals surface area contributed by atoms with Gasteiger partial charge in [-0.05, 0) is 62.4 Å². The first kappa shape index (κ1) is 17.4. The Bertz CT molecular complexity index is 597. The molecule has 2 N–H and O–H groups in total. The van der Waals surface area contributed by atoms with Crippen LogP contribution in [0.2, 0.25) is 0 Å². The minimum absolute atomic E-state index is 0.0461. The maximum Gasteiger partial charge on any atom is 0.254 e. The van der Waals surface area contributed by atoms with E-state index >= 15 is 0 Å². The second kappa shape index (κ2) is 7.66. The molecule has 1 unspecified atom stereocenters. The van der Waals surface area contributed by atoms with Gasteiger partial charge in [-0.2, -0.15) is 0 Å². The lowest BCUT2D eigenvalue weighted by atomic mass is 9.96. The van der Waals surface area contributed by atoms with E-state index in [4.69, 9.17) is 5.73 Å². The molecule has 2 aliphatic heterocycles.